The Morgan fingerprint density at radius 1 is 1.30 bits per heavy atom. The molecule has 0 aliphatic heterocycles. The molecule has 1 aromatic rings. The van der Waals surface area contributed by atoms with E-state index in [0.717, 1.165) is 25.3 Å². The van der Waals surface area contributed by atoms with Crippen molar-refractivity contribution in [1.82, 2.24) is 5.32 Å². The molecular weight excluding hydrogens is 266 g/mol. The maximum absolute atomic E-state index is 5.10. The standard InChI is InChI=1S/C17H29NOS/c1-5-9-18-17(13-20-11-6-10-19-4)16-8-7-14(2)12-15(16)3/h7-8,12,17-18H,5-6,9-11,13H2,1-4H3. The van der Waals surface area contributed by atoms with E-state index in [9.17, 15) is 0 Å². The molecule has 0 heterocycles. The molecule has 114 valence electrons. The molecule has 1 rings (SSSR count). The third-order valence-electron chi connectivity index (χ3n) is 3.36. The molecule has 20 heavy (non-hydrogen) atoms. The van der Waals surface area contributed by atoms with Gasteiger partial charge in [-0.2, -0.15) is 11.8 Å². The summed E-state index contributed by atoms with van der Waals surface area (Å²) in [6.07, 6.45) is 2.31. The van der Waals surface area contributed by atoms with Crippen LogP contribution in [-0.2, 0) is 4.74 Å². The summed E-state index contributed by atoms with van der Waals surface area (Å²) >= 11 is 2.02. The minimum atomic E-state index is 0.461. The number of nitrogens with one attached hydrogen (secondary N) is 1. The van der Waals surface area contributed by atoms with Crippen LogP contribution in [0.1, 0.15) is 42.5 Å². The SMILES string of the molecule is CCCNC(CSCCCOC)c1ccc(C)cc1C. The molecule has 3 heteroatoms. The number of benzene rings is 1. The molecule has 0 saturated carbocycles. The first-order valence-corrected chi connectivity index (χ1v) is 8.71. The molecule has 0 amide bonds. The summed E-state index contributed by atoms with van der Waals surface area (Å²) in [5.41, 5.74) is 4.19. The van der Waals surface area contributed by atoms with Crippen LogP contribution in [0.5, 0.6) is 0 Å². The average molecular weight is 295 g/mol. The predicted molar refractivity (Wildman–Crippen MR) is 90.8 cm³/mol. The lowest BCUT2D eigenvalue weighted by Crippen LogP contribution is -2.25. The molecular formula is C17H29NOS. The van der Waals surface area contributed by atoms with Crippen molar-refractivity contribution < 1.29 is 4.74 Å². The lowest BCUT2D eigenvalue weighted by atomic mass is 10.00. The fourth-order valence-electron chi connectivity index (χ4n) is 2.30. The Morgan fingerprint density at radius 2 is 2.10 bits per heavy atom. The van der Waals surface area contributed by atoms with Crippen LogP contribution in [0.4, 0.5) is 0 Å². The van der Waals surface area contributed by atoms with E-state index in [0.29, 0.717) is 6.04 Å². The summed E-state index contributed by atoms with van der Waals surface area (Å²) in [7, 11) is 1.77. The summed E-state index contributed by atoms with van der Waals surface area (Å²) in [4.78, 5) is 0. The van der Waals surface area contributed by atoms with Crippen molar-refractivity contribution >= 4 is 11.8 Å². The van der Waals surface area contributed by atoms with Crippen LogP contribution in [0, 0.1) is 13.8 Å². The largest absolute Gasteiger partial charge is 0.385 e. The van der Waals surface area contributed by atoms with Crippen molar-refractivity contribution in [2.24, 2.45) is 0 Å². The van der Waals surface area contributed by atoms with Gasteiger partial charge >= 0.3 is 0 Å². The Balaban J connectivity index is 2.58. The highest BCUT2D eigenvalue weighted by molar-refractivity contribution is 7.99. The van der Waals surface area contributed by atoms with Crippen molar-refractivity contribution in [3.8, 4) is 0 Å². The summed E-state index contributed by atoms with van der Waals surface area (Å²) in [6, 6.07) is 7.25. The van der Waals surface area contributed by atoms with Crippen LogP contribution in [-0.4, -0.2) is 31.8 Å². The number of thioether (sulfide) groups is 1. The van der Waals surface area contributed by atoms with E-state index in [1.165, 1.54) is 28.9 Å². The van der Waals surface area contributed by atoms with E-state index >= 15 is 0 Å². The molecule has 0 bridgehead atoms. The first kappa shape index (κ1) is 17.5. The van der Waals surface area contributed by atoms with Gasteiger partial charge in [-0.15, -0.1) is 0 Å². The van der Waals surface area contributed by atoms with Crippen molar-refractivity contribution in [3.63, 3.8) is 0 Å². The third kappa shape index (κ3) is 6.29. The normalized spacial score (nSPS) is 12.6. The number of hydrogen-bond donors (Lipinski definition) is 1. The minimum Gasteiger partial charge on any atom is -0.385 e. The maximum Gasteiger partial charge on any atom is 0.0470 e. The van der Waals surface area contributed by atoms with Crippen molar-refractivity contribution in [1.29, 1.82) is 0 Å². The molecule has 1 aromatic carbocycles. The Bertz CT molecular complexity index is 381. The molecule has 0 aliphatic rings. The molecule has 0 aromatic heterocycles. The third-order valence-corrected chi connectivity index (χ3v) is 4.51. The van der Waals surface area contributed by atoms with Gasteiger partial charge in [0.1, 0.15) is 0 Å². The lowest BCUT2D eigenvalue weighted by molar-refractivity contribution is 0.200. The van der Waals surface area contributed by atoms with Gasteiger partial charge in [0, 0.05) is 25.5 Å². The molecule has 1 N–H and O–H groups in total. The zero-order valence-corrected chi connectivity index (χ0v) is 14.2. The monoisotopic (exact) mass is 295 g/mol. The topological polar surface area (TPSA) is 21.3 Å². The van der Waals surface area contributed by atoms with Crippen molar-refractivity contribution in [2.45, 2.75) is 39.7 Å². The van der Waals surface area contributed by atoms with E-state index in [-0.39, 0.29) is 0 Å². The molecule has 1 unspecified atom stereocenters. The van der Waals surface area contributed by atoms with Crippen LogP contribution in [0.25, 0.3) is 0 Å². The van der Waals surface area contributed by atoms with Gasteiger partial charge in [0.25, 0.3) is 0 Å². The first-order valence-electron chi connectivity index (χ1n) is 7.56. The molecule has 0 spiro atoms. The van der Waals surface area contributed by atoms with Gasteiger partial charge in [0.15, 0.2) is 0 Å². The summed E-state index contributed by atoms with van der Waals surface area (Å²) < 4.78 is 5.10. The van der Waals surface area contributed by atoms with Gasteiger partial charge in [-0.3, -0.25) is 0 Å². The zero-order chi connectivity index (χ0) is 14.8. The van der Waals surface area contributed by atoms with E-state index in [2.05, 4.69) is 44.3 Å². The van der Waals surface area contributed by atoms with Crippen molar-refractivity contribution in [2.75, 3.05) is 31.8 Å². The Kier molecular flexibility index (Phi) is 8.99. The van der Waals surface area contributed by atoms with Crippen LogP contribution in [0.2, 0.25) is 0 Å². The van der Waals surface area contributed by atoms with Gasteiger partial charge < -0.3 is 10.1 Å². The van der Waals surface area contributed by atoms with Gasteiger partial charge in [-0.05, 0) is 50.1 Å². The average Bonchev–Trinajstić information content (AvgIpc) is 2.43. The predicted octanol–water partition coefficient (Wildman–Crippen LogP) is 4.11. The van der Waals surface area contributed by atoms with Gasteiger partial charge in [0.2, 0.25) is 0 Å². The van der Waals surface area contributed by atoms with E-state index < -0.39 is 0 Å². The molecule has 1 atom stereocenters. The molecule has 0 fully saturated rings. The summed E-state index contributed by atoms with van der Waals surface area (Å²) in [6.45, 7) is 8.54. The Labute approximate surface area is 128 Å². The zero-order valence-electron chi connectivity index (χ0n) is 13.4. The van der Waals surface area contributed by atoms with Gasteiger partial charge in [-0.1, -0.05) is 30.7 Å². The highest BCUT2D eigenvalue weighted by Gasteiger charge is 2.13. The number of rotatable bonds is 10. The second-order valence-corrected chi connectivity index (χ2v) is 6.44. The van der Waals surface area contributed by atoms with Crippen molar-refractivity contribution in [3.05, 3.63) is 34.9 Å². The highest BCUT2D eigenvalue weighted by Crippen LogP contribution is 2.23. The number of aryl methyl sites for hydroxylation is 2. The van der Waals surface area contributed by atoms with Crippen LogP contribution in [0.15, 0.2) is 18.2 Å². The highest BCUT2D eigenvalue weighted by atomic mass is 32.2. The fourth-order valence-corrected chi connectivity index (χ4v) is 3.32. The summed E-state index contributed by atoms with van der Waals surface area (Å²) in [5, 5.41) is 3.68. The van der Waals surface area contributed by atoms with Crippen LogP contribution in [0.3, 0.4) is 0 Å². The quantitative estimate of drug-likeness (QED) is 0.656. The second kappa shape index (κ2) is 10.3. The smallest absolute Gasteiger partial charge is 0.0470 e. The van der Waals surface area contributed by atoms with E-state index in [1.807, 2.05) is 11.8 Å². The Hall–Kier alpha value is -0.510. The lowest BCUT2D eigenvalue weighted by Gasteiger charge is -2.21. The fraction of sp³-hybridized carbons (Fsp3) is 0.647. The first-order chi connectivity index (χ1) is 9.69. The molecule has 0 aliphatic carbocycles. The minimum absolute atomic E-state index is 0.461. The number of hydrogen-bond acceptors (Lipinski definition) is 3. The van der Waals surface area contributed by atoms with E-state index in [1.54, 1.807) is 7.11 Å². The van der Waals surface area contributed by atoms with Crippen LogP contribution >= 0.6 is 11.8 Å². The molecule has 0 radical (unpaired) electrons. The van der Waals surface area contributed by atoms with E-state index in [4.69, 9.17) is 4.74 Å². The maximum atomic E-state index is 5.10. The Morgan fingerprint density at radius 3 is 2.75 bits per heavy atom. The number of ether oxygens (including phenoxy) is 1. The van der Waals surface area contributed by atoms with Crippen LogP contribution < -0.4 is 5.32 Å². The van der Waals surface area contributed by atoms with Gasteiger partial charge in [0.05, 0.1) is 0 Å². The second-order valence-electron chi connectivity index (χ2n) is 5.29. The molecule has 2 nitrogen and oxygen atoms in total. The number of methoxy groups -OCH3 is 1. The van der Waals surface area contributed by atoms with Gasteiger partial charge in [-0.25, -0.2) is 0 Å². The molecule has 0 saturated heterocycles. The summed E-state index contributed by atoms with van der Waals surface area (Å²) in [5.74, 6) is 2.30.